The van der Waals surface area contributed by atoms with Crippen LogP contribution in [0.15, 0.2) is 48.5 Å². The largest absolute Gasteiger partial charge is 0.481 e. The molecule has 0 unspecified atom stereocenters. The topological polar surface area (TPSA) is 150 Å². The number of carbonyl (C=O) groups is 2. The minimum Gasteiger partial charge on any atom is -0.481 e. The lowest BCUT2D eigenvalue weighted by Crippen LogP contribution is -2.07. The maximum atomic E-state index is 11.1. The van der Waals surface area contributed by atoms with Gasteiger partial charge in [-0.1, -0.05) is 24.3 Å². The molecule has 0 saturated carbocycles. The van der Waals surface area contributed by atoms with E-state index in [1.165, 1.54) is 36.4 Å². The summed E-state index contributed by atoms with van der Waals surface area (Å²) in [6.07, 6.45) is 0.0316. The number of aliphatic carboxylic acids is 1. The van der Waals surface area contributed by atoms with Crippen LogP contribution in [0, 0.1) is 20.2 Å². The van der Waals surface area contributed by atoms with E-state index < -0.39 is 15.8 Å². The van der Waals surface area contributed by atoms with Crippen molar-refractivity contribution >= 4 is 23.3 Å². The molecule has 0 saturated heterocycles. The third-order valence-electron chi connectivity index (χ3n) is 3.30. The van der Waals surface area contributed by atoms with E-state index in [9.17, 15) is 29.8 Å². The number of benzene rings is 2. The van der Waals surface area contributed by atoms with Crippen molar-refractivity contribution in [1.29, 1.82) is 0 Å². The summed E-state index contributed by atoms with van der Waals surface area (Å²) < 4.78 is 4.75. The quantitative estimate of drug-likeness (QED) is 0.430. The van der Waals surface area contributed by atoms with Gasteiger partial charge in [0.25, 0.3) is 11.4 Å². The van der Waals surface area contributed by atoms with Crippen molar-refractivity contribution in [2.75, 3.05) is 6.61 Å². The molecule has 0 spiro atoms. The van der Waals surface area contributed by atoms with Gasteiger partial charge in [-0.25, -0.2) is 0 Å². The Morgan fingerprint density at radius 3 is 1.57 bits per heavy atom. The molecule has 0 bridgehead atoms. The smallest absolute Gasteiger partial charge is 0.310 e. The molecule has 0 heterocycles. The summed E-state index contributed by atoms with van der Waals surface area (Å²) in [6.45, 7) is 2.07. The van der Waals surface area contributed by atoms with Gasteiger partial charge in [-0.3, -0.25) is 29.8 Å². The number of carbonyl (C=O) groups excluding carboxylic acids is 1. The fourth-order valence-electron chi connectivity index (χ4n) is 2.02. The number of nitrogens with zero attached hydrogens (tertiary/aromatic N) is 2. The van der Waals surface area contributed by atoms with E-state index in [0.717, 1.165) is 0 Å². The molecule has 0 atom stereocenters. The number of carboxylic acid groups (broad SMARTS) is 1. The molecule has 10 heteroatoms. The fraction of sp³-hybridized carbons (Fsp3) is 0.222. The Kier molecular flexibility index (Phi) is 8.74. The number of hydrogen-bond acceptors (Lipinski definition) is 7. The van der Waals surface area contributed by atoms with Gasteiger partial charge < -0.3 is 9.84 Å². The summed E-state index contributed by atoms with van der Waals surface area (Å²) in [6, 6.07) is 11.3. The minimum atomic E-state index is -0.950. The van der Waals surface area contributed by atoms with Crippen molar-refractivity contribution in [3.05, 3.63) is 79.9 Å². The average molecular weight is 390 g/mol. The van der Waals surface area contributed by atoms with Gasteiger partial charge in [0.05, 0.1) is 29.3 Å². The number of ether oxygens (including phenoxy) is 1. The first kappa shape index (κ1) is 22.2. The molecule has 0 aromatic heterocycles. The standard InChI is InChI=1S/C10H11NO4.C8H7NO4/c1-2-15-10(12)7-8-3-5-9(6-4-8)11(13)14;10-8(11)5-6-1-3-7(4-2-6)9(12)13/h3-6H,2,7H2,1H3;1-4H,5H2,(H,10,11). The first-order valence-electron chi connectivity index (χ1n) is 8.07. The normalized spacial score (nSPS) is 9.61. The number of nitro benzene ring substituents is 2. The van der Waals surface area contributed by atoms with Crippen LogP contribution in [0.5, 0.6) is 0 Å². The second kappa shape index (κ2) is 11.0. The lowest BCUT2D eigenvalue weighted by atomic mass is 10.1. The fourth-order valence-corrected chi connectivity index (χ4v) is 2.02. The Hall–Kier alpha value is -3.82. The molecule has 0 radical (unpaired) electrons. The highest BCUT2D eigenvalue weighted by Crippen LogP contribution is 2.13. The van der Waals surface area contributed by atoms with E-state index in [2.05, 4.69) is 0 Å². The maximum absolute atomic E-state index is 11.1. The number of rotatable bonds is 7. The van der Waals surface area contributed by atoms with Crippen molar-refractivity contribution in [3.63, 3.8) is 0 Å². The molecule has 2 rings (SSSR count). The van der Waals surface area contributed by atoms with E-state index in [4.69, 9.17) is 9.84 Å². The molecule has 0 aliphatic heterocycles. The molecule has 28 heavy (non-hydrogen) atoms. The van der Waals surface area contributed by atoms with Crippen LogP contribution in [-0.2, 0) is 27.2 Å². The van der Waals surface area contributed by atoms with E-state index in [0.29, 0.717) is 17.7 Å². The first-order chi connectivity index (χ1) is 13.2. The van der Waals surface area contributed by atoms with Crippen LogP contribution in [0.4, 0.5) is 11.4 Å². The van der Waals surface area contributed by atoms with Crippen LogP contribution >= 0.6 is 0 Å². The molecule has 0 aliphatic carbocycles. The van der Waals surface area contributed by atoms with Gasteiger partial charge >= 0.3 is 11.9 Å². The van der Waals surface area contributed by atoms with Crippen molar-refractivity contribution in [2.45, 2.75) is 19.8 Å². The van der Waals surface area contributed by atoms with Crippen LogP contribution in [-0.4, -0.2) is 33.5 Å². The number of nitro groups is 2. The van der Waals surface area contributed by atoms with Crippen molar-refractivity contribution in [3.8, 4) is 0 Å². The molecule has 2 aromatic carbocycles. The molecule has 0 amide bonds. The molecular formula is C18H18N2O8. The summed E-state index contributed by atoms with van der Waals surface area (Å²) in [4.78, 5) is 40.9. The number of carboxylic acids is 1. The zero-order valence-electron chi connectivity index (χ0n) is 14.9. The average Bonchev–Trinajstić information content (AvgIpc) is 2.63. The van der Waals surface area contributed by atoms with Gasteiger partial charge in [-0.15, -0.1) is 0 Å². The van der Waals surface area contributed by atoms with Gasteiger partial charge in [0.15, 0.2) is 0 Å². The number of hydrogen-bond donors (Lipinski definition) is 1. The van der Waals surface area contributed by atoms with Crippen molar-refractivity contribution in [2.24, 2.45) is 0 Å². The monoisotopic (exact) mass is 390 g/mol. The summed E-state index contributed by atoms with van der Waals surface area (Å²) in [7, 11) is 0. The van der Waals surface area contributed by atoms with Gasteiger partial charge in [0.1, 0.15) is 0 Å². The summed E-state index contributed by atoms with van der Waals surface area (Å²) in [5, 5.41) is 29.0. The molecule has 148 valence electrons. The summed E-state index contributed by atoms with van der Waals surface area (Å²) in [5.74, 6) is -1.28. The number of non-ortho nitro benzene ring substituents is 2. The SMILES string of the molecule is CCOC(=O)Cc1ccc([N+](=O)[O-])cc1.O=C(O)Cc1ccc([N+](=O)[O-])cc1. The molecule has 0 fully saturated rings. The third kappa shape index (κ3) is 8.04. The first-order valence-corrected chi connectivity index (χ1v) is 8.07. The predicted octanol–water partition coefficient (Wildman–Crippen LogP) is 2.92. The highest BCUT2D eigenvalue weighted by molar-refractivity contribution is 5.72. The maximum Gasteiger partial charge on any atom is 0.310 e. The lowest BCUT2D eigenvalue weighted by Gasteiger charge is -2.01. The molecule has 10 nitrogen and oxygen atoms in total. The predicted molar refractivity (Wildman–Crippen MR) is 97.9 cm³/mol. The van der Waals surface area contributed by atoms with E-state index >= 15 is 0 Å². The zero-order chi connectivity index (χ0) is 21.1. The van der Waals surface area contributed by atoms with Crippen LogP contribution in [0.25, 0.3) is 0 Å². The van der Waals surface area contributed by atoms with Crippen molar-refractivity contribution in [1.82, 2.24) is 0 Å². The zero-order valence-corrected chi connectivity index (χ0v) is 14.9. The Morgan fingerprint density at radius 2 is 1.25 bits per heavy atom. The number of esters is 1. The van der Waals surface area contributed by atoms with Gasteiger partial charge in [0.2, 0.25) is 0 Å². The van der Waals surface area contributed by atoms with Crippen LogP contribution in [0.2, 0.25) is 0 Å². The van der Waals surface area contributed by atoms with Crippen LogP contribution in [0.3, 0.4) is 0 Å². The van der Waals surface area contributed by atoms with Crippen LogP contribution in [0.1, 0.15) is 18.1 Å². The summed E-state index contributed by atoms with van der Waals surface area (Å²) >= 11 is 0. The molecule has 2 aromatic rings. The van der Waals surface area contributed by atoms with Gasteiger partial charge in [0, 0.05) is 24.3 Å². The Labute approximate surface area is 159 Å². The Balaban J connectivity index is 0.000000283. The van der Waals surface area contributed by atoms with Gasteiger partial charge in [-0.2, -0.15) is 0 Å². The van der Waals surface area contributed by atoms with E-state index in [1.807, 2.05) is 0 Å². The van der Waals surface area contributed by atoms with E-state index in [1.54, 1.807) is 19.1 Å². The second-order valence-corrected chi connectivity index (χ2v) is 5.40. The van der Waals surface area contributed by atoms with E-state index in [-0.39, 0.29) is 30.2 Å². The Bertz CT molecular complexity index is 832. The second-order valence-electron chi connectivity index (χ2n) is 5.40. The highest BCUT2D eigenvalue weighted by Gasteiger charge is 2.07. The highest BCUT2D eigenvalue weighted by atomic mass is 16.6. The van der Waals surface area contributed by atoms with Crippen molar-refractivity contribution < 1.29 is 29.3 Å². The van der Waals surface area contributed by atoms with Gasteiger partial charge in [-0.05, 0) is 18.1 Å². The minimum absolute atomic E-state index is 0.0163. The molecule has 0 aliphatic rings. The van der Waals surface area contributed by atoms with Crippen LogP contribution < -0.4 is 0 Å². The third-order valence-corrected chi connectivity index (χ3v) is 3.30. The molecule has 1 N–H and O–H groups in total. The summed E-state index contributed by atoms with van der Waals surface area (Å²) in [5.41, 5.74) is 1.24. The molecular weight excluding hydrogens is 372 g/mol. The lowest BCUT2D eigenvalue weighted by molar-refractivity contribution is -0.385. The Morgan fingerprint density at radius 1 is 0.857 bits per heavy atom.